The molecule has 1 N–H and O–H groups in total. The van der Waals surface area contributed by atoms with Crippen LogP contribution < -0.4 is 5.32 Å². The van der Waals surface area contributed by atoms with Gasteiger partial charge in [0.15, 0.2) is 0 Å². The van der Waals surface area contributed by atoms with E-state index in [9.17, 15) is 0 Å². The van der Waals surface area contributed by atoms with Gasteiger partial charge in [0.1, 0.15) is 4.64 Å². The number of benzene rings is 2. The van der Waals surface area contributed by atoms with Crippen molar-refractivity contribution in [2.45, 2.75) is 26.3 Å². The second-order valence-corrected chi connectivity index (χ2v) is 8.40. The molecule has 1 aliphatic heterocycles. The van der Waals surface area contributed by atoms with E-state index in [1.165, 1.54) is 21.7 Å². The van der Waals surface area contributed by atoms with Crippen molar-refractivity contribution in [3.05, 3.63) is 62.6 Å². The van der Waals surface area contributed by atoms with E-state index in [-0.39, 0.29) is 5.54 Å². The van der Waals surface area contributed by atoms with Crippen LogP contribution in [0.1, 0.15) is 24.3 Å². The van der Waals surface area contributed by atoms with Gasteiger partial charge in [-0.3, -0.25) is 3.96 Å². The summed E-state index contributed by atoms with van der Waals surface area (Å²) < 4.78 is 2.95. The zero-order valence-corrected chi connectivity index (χ0v) is 16.1. The summed E-state index contributed by atoms with van der Waals surface area (Å²) in [4.78, 5) is 1.26. The highest BCUT2D eigenvalue weighted by atomic mass is 35.5. The second kappa shape index (κ2) is 5.45. The van der Waals surface area contributed by atoms with Crippen LogP contribution in [0.4, 0.5) is 5.69 Å². The van der Waals surface area contributed by atoms with Gasteiger partial charge in [0.2, 0.25) is 0 Å². The fourth-order valence-corrected chi connectivity index (χ4v) is 5.06. The Morgan fingerprint density at radius 1 is 1.17 bits per heavy atom. The van der Waals surface area contributed by atoms with Crippen molar-refractivity contribution in [2.24, 2.45) is 0 Å². The van der Waals surface area contributed by atoms with Crippen molar-refractivity contribution in [2.75, 3.05) is 5.32 Å². The summed E-state index contributed by atoms with van der Waals surface area (Å²) in [5, 5.41) is 4.41. The molecule has 0 amide bonds. The fraction of sp³-hybridized carbons (Fsp3) is 0.211. The van der Waals surface area contributed by atoms with Gasteiger partial charge in [-0.05, 0) is 44.5 Å². The summed E-state index contributed by atoms with van der Waals surface area (Å²) in [5.41, 5.74) is 5.61. The Hall–Kier alpha value is -1.62. The average Bonchev–Trinajstić information content (AvgIpc) is 2.88. The maximum Gasteiger partial charge on any atom is 0.129 e. The number of halogens is 1. The number of para-hydroxylation sites is 1. The standard InChI is InChI=1S/C19H17ClN2S2/c1-11-6-4-9-14-15-17(19(2,3)21-16(11)14)24-22(18(15)23)13-8-5-7-12(20)10-13/h4-10,21H,1-3H3. The Labute approximate surface area is 155 Å². The van der Waals surface area contributed by atoms with Gasteiger partial charge in [-0.15, -0.1) is 0 Å². The third kappa shape index (κ3) is 2.32. The van der Waals surface area contributed by atoms with E-state index >= 15 is 0 Å². The lowest BCUT2D eigenvalue weighted by atomic mass is 9.88. The van der Waals surface area contributed by atoms with Crippen LogP contribution in [-0.2, 0) is 5.54 Å². The van der Waals surface area contributed by atoms with Crippen LogP contribution in [0.25, 0.3) is 16.8 Å². The largest absolute Gasteiger partial charge is 0.374 e. The van der Waals surface area contributed by atoms with Crippen LogP contribution in [0.2, 0.25) is 5.02 Å². The molecule has 0 atom stereocenters. The molecule has 2 heterocycles. The zero-order chi connectivity index (χ0) is 17.1. The summed E-state index contributed by atoms with van der Waals surface area (Å²) in [6, 6.07) is 14.2. The first-order valence-corrected chi connectivity index (χ1v) is 9.35. The van der Waals surface area contributed by atoms with Crippen molar-refractivity contribution in [1.29, 1.82) is 0 Å². The lowest BCUT2D eigenvalue weighted by Gasteiger charge is -2.34. The van der Waals surface area contributed by atoms with Gasteiger partial charge < -0.3 is 5.32 Å². The molecule has 5 heteroatoms. The van der Waals surface area contributed by atoms with E-state index in [1.807, 2.05) is 24.3 Å². The van der Waals surface area contributed by atoms with Crippen molar-refractivity contribution < 1.29 is 0 Å². The Kier molecular flexibility index (Phi) is 3.60. The van der Waals surface area contributed by atoms with Gasteiger partial charge in [-0.25, -0.2) is 0 Å². The minimum Gasteiger partial charge on any atom is -0.374 e. The topological polar surface area (TPSA) is 17.0 Å². The van der Waals surface area contributed by atoms with Gasteiger partial charge in [0, 0.05) is 21.8 Å². The van der Waals surface area contributed by atoms with E-state index in [0.717, 1.165) is 20.9 Å². The molecule has 0 saturated heterocycles. The maximum absolute atomic E-state index is 6.18. The fourth-order valence-electron chi connectivity index (χ4n) is 3.22. The maximum atomic E-state index is 6.18. The molecule has 3 aromatic rings. The molecule has 122 valence electrons. The smallest absolute Gasteiger partial charge is 0.129 e. The van der Waals surface area contributed by atoms with Gasteiger partial charge >= 0.3 is 0 Å². The van der Waals surface area contributed by atoms with Crippen LogP contribution in [-0.4, -0.2) is 3.96 Å². The highest BCUT2D eigenvalue weighted by Crippen LogP contribution is 2.48. The van der Waals surface area contributed by atoms with Crippen molar-refractivity contribution in [3.63, 3.8) is 0 Å². The third-order valence-corrected chi connectivity index (χ3v) is 6.61. The SMILES string of the molecule is Cc1cccc2c1NC(C)(C)c1sn(-c3cccc(Cl)c3)c(=S)c1-2. The van der Waals surface area contributed by atoms with E-state index < -0.39 is 0 Å². The van der Waals surface area contributed by atoms with Crippen LogP contribution in [0.3, 0.4) is 0 Å². The van der Waals surface area contributed by atoms with Crippen molar-refractivity contribution in [1.82, 2.24) is 3.96 Å². The normalized spacial score (nSPS) is 14.7. The molecule has 2 nitrogen and oxygen atoms in total. The van der Waals surface area contributed by atoms with Gasteiger partial charge in [-0.2, -0.15) is 0 Å². The average molecular weight is 373 g/mol. The Morgan fingerprint density at radius 2 is 1.92 bits per heavy atom. The molecule has 2 aromatic carbocycles. The van der Waals surface area contributed by atoms with Crippen molar-refractivity contribution >= 4 is 41.0 Å². The summed E-state index contributed by atoms with van der Waals surface area (Å²) >= 11 is 13.7. The summed E-state index contributed by atoms with van der Waals surface area (Å²) in [6.07, 6.45) is 0. The summed E-state index contributed by atoms with van der Waals surface area (Å²) in [6.45, 7) is 6.54. The van der Waals surface area contributed by atoms with Crippen LogP contribution in [0, 0.1) is 11.6 Å². The minimum absolute atomic E-state index is 0.170. The number of aryl methyl sites for hydroxylation is 1. The lowest BCUT2D eigenvalue weighted by molar-refractivity contribution is 0.619. The first-order valence-electron chi connectivity index (χ1n) is 7.79. The second-order valence-electron chi connectivity index (χ2n) is 6.62. The number of hydrogen-bond acceptors (Lipinski definition) is 3. The lowest BCUT2D eigenvalue weighted by Crippen LogP contribution is -2.31. The molecule has 24 heavy (non-hydrogen) atoms. The Morgan fingerprint density at radius 3 is 2.67 bits per heavy atom. The van der Waals surface area contributed by atoms with Crippen LogP contribution in [0.15, 0.2) is 42.5 Å². The molecule has 0 fully saturated rings. The Balaban J connectivity index is 2.04. The molecular formula is C19H17ClN2S2. The highest BCUT2D eigenvalue weighted by Gasteiger charge is 2.35. The first-order chi connectivity index (χ1) is 11.4. The third-order valence-electron chi connectivity index (χ3n) is 4.40. The number of aromatic nitrogens is 1. The summed E-state index contributed by atoms with van der Waals surface area (Å²) in [7, 11) is 0. The van der Waals surface area contributed by atoms with E-state index in [1.54, 1.807) is 11.5 Å². The molecule has 0 spiro atoms. The number of rotatable bonds is 1. The molecule has 0 saturated carbocycles. The van der Waals surface area contributed by atoms with Crippen LogP contribution >= 0.6 is 35.4 Å². The van der Waals surface area contributed by atoms with Gasteiger partial charge in [-0.1, -0.05) is 59.6 Å². The van der Waals surface area contributed by atoms with E-state index in [4.69, 9.17) is 23.8 Å². The van der Waals surface area contributed by atoms with Crippen LogP contribution in [0.5, 0.6) is 0 Å². The minimum atomic E-state index is -0.170. The first kappa shape index (κ1) is 15.9. The Bertz CT molecular complexity index is 1010. The number of nitrogens with one attached hydrogen (secondary N) is 1. The highest BCUT2D eigenvalue weighted by molar-refractivity contribution is 7.71. The molecule has 1 aliphatic rings. The van der Waals surface area contributed by atoms with E-state index in [2.05, 4.69) is 48.2 Å². The number of nitrogens with zero attached hydrogens (tertiary/aromatic N) is 1. The molecule has 0 bridgehead atoms. The van der Waals surface area contributed by atoms with Gasteiger partial charge in [0.25, 0.3) is 0 Å². The molecule has 0 radical (unpaired) electrons. The summed E-state index contributed by atoms with van der Waals surface area (Å²) in [5.74, 6) is 0. The predicted molar refractivity (Wildman–Crippen MR) is 106 cm³/mol. The molecule has 4 rings (SSSR count). The number of fused-ring (bicyclic) bond motifs is 3. The van der Waals surface area contributed by atoms with Crippen molar-refractivity contribution in [3.8, 4) is 16.8 Å². The monoisotopic (exact) mass is 372 g/mol. The zero-order valence-electron chi connectivity index (χ0n) is 13.7. The molecular weight excluding hydrogens is 356 g/mol. The molecule has 0 aliphatic carbocycles. The number of hydrogen-bond donors (Lipinski definition) is 1. The number of anilines is 1. The molecule has 1 aromatic heterocycles. The predicted octanol–water partition coefficient (Wildman–Crippen LogP) is 6.56. The van der Waals surface area contributed by atoms with E-state index in [0.29, 0.717) is 0 Å². The molecule has 0 unspecified atom stereocenters. The van der Waals surface area contributed by atoms with Gasteiger partial charge in [0.05, 0.1) is 16.1 Å². The quantitative estimate of drug-likeness (QED) is 0.487.